The fraction of sp³-hybridized carbons (Fsp3) is 0.538. The van der Waals surface area contributed by atoms with Crippen LogP contribution in [-0.2, 0) is 11.3 Å². The Bertz CT molecular complexity index is 414. The number of carboxylic acid groups (broad SMARTS) is 1. The molecule has 0 aliphatic rings. The molecular formula is C13H20N2O4. The maximum atomic E-state index is 11.9. The fourth-order valence-corrected chi connectivity index (χ4v) is 1.68. The van der Waals surface area contributed by atoms with E-state index in [1.165, 1.54) is 11.2 Å². The van der Waals surface area contributed by atoms with Crippen molar-refractivity contribution in [2.45, 2.75) is 32.9 Å². The normalized spacial score (nSPS) is 12.2. The zero-order chi connectivity index (χ0) is 14.4. The molecule has 0 bridgehead atoms. The Morgan fingerprint density at radius 3 is 2.63 bits per heavy atom. The van der Waals surface area contributed by atoms with Crippen LogP contribution in [0.2, 0.25) is 0 Å². The molecule has 1 atom stereocenters. The molecule has 1 rings (SSSR count). The van der Waals surface area contributed by atoms with Gasteiger partial charge in [0.1, 0.15) is 6.04 Å². The van der Waals surface area contributed by atoms with Crippen LogP contribution in [0.25, 0.3) is 0 Å². The lowest BCUT2D eigenvalue weighted by molar-refractivity contribution is -0.139. The quantitative estimate of drug-likeness (QED) is 0.825. The maximum Gasteiger partial charge on any atom is 0.326 e. The van der Waals surface area contributed by atoms with Crippen LogP contribution < -0.4 is 5.32 Å². The SMILES string of the molecule is CC(C)C[C@H](NC(=O)N(C)Cc1ccoc1)C(=O)O. The monoisotopic (exact) mass is 268 g/mol. The first-order chi connectivity index (χ1) is 8.90. The lowest BCUT2D eigenvalue weighted by Gasteiger charge is -2.21. The van der Waals surface area contributed by atoms with Crippen LogP contribution in [0.3, 0.4) is 0 Å². The molecule has 0 aliphatic heterocycles. The van der Waals surface area contributed by atoms with Crippen molar-refractivity contribution in [2.24, 2.45) is 5.92 Å². The average Bonchev–Trinajstić information content (AvgIpc) is 2.79. The van der Waals surface area contributed by atoms with Crippen molar-refractivity contribution in [1.82, 2.24) is 10.2 Å². The van der Waals surface area contributed by atoms with Crippen molar-refractivity contribution >= 4 is 12.0 Å². The number of hydrogen-bond acceptors (Lipinski definition) is 3. The summed E-state index contributed by atoms with van der Waals surface area (Å²) in [5, 5.41) is 11.6. The number of carbonyl (C=O) groups is 2. The number of amides is 2. The molecule has 106 valence electrons. The van der Waals surface area contributed by atoms with Crippen molar-refractivity contribution in [3.8, 4) is 0 Å². The molecule has 0 unspecified atom stereocenters. The number of rotatable bonds is 6. The minimum Gasteiger partial charge on any atom is -0.480 e. The number of aliphatic carboxylic acids is 1. The van der Waals surface area contributed by atoms with Crippen LogP contribution in [0.4, 0.5) is 4.79 Å². The summed E-state index contributed by atoms with van der Waals surface area (Å²) in [6, 6.07) is 0.487. The van der Waals surface area contributed by atoms with E-state index in [1.54, 1.807) is 19.4 Å². The molecule has 1 aromatic heterocycles. The van der Waals surface area contributed by atoms with Gasteiger partial charge < -0.3 is 19.7 Å². The van der Waals surface area contributed by atoms with Crippen LogP contribution in [0.5, 0.6) is 0 Å². The largest absolute Gasteiger partial charge is 0.480 e. The highest BCUT2D eigenvalue weighted by molar-refractivity contribution is 5.82. The van der Waals surface area contributed by atoms with E-state index < -0.39 is 18.0 Å². The fourth-order valence-electron chi connectivity index (χ4n) is 1.68. The molecule has 0 spiro atoms. The average molecular weight is 268 g/mol. The molecule has 1 heterocycles. The highest BCUT2D eigenvalue weighted by atomic mass is 16.4. The van der Waals surface area contributed by atoms with E-state index in [1.807, 2.05) is 13.8 Å². The van der Waals surface area contributed by atoms with Crippen molar-refractivity contribution in [3.63, 3.8) is 0 Å². The predicted molar refractivity (Wildman–Crippen MR) is 69.6 cm³/mol. The molecule has 19 heavy (non-hydrogen) atoms. The Morgan fingerprint density at radius 1 is 1.47 bits per heavy atom. The number of hydrogen-bond donors (Lipinski definition) is 2. The van der Waals surface area contributed by atoms with E-state index in [0.29, 0.717) is 13.0 Å². The molecule has 1 aromatic rings. The third-order valence-corrected chi connectivity index (χ3v) is 2.65. The molecule has 0 radical (unpaired) electrons. The van der Waals surface area contributed by atoms with Crippen LogP contribution in [0, 0.1) is 5.92 Å². The van der Waals surface area contributed by atoms with E-state index in [2.05, 4.69) is 5.32 Å². The molecule has 2 N–H and O–H groups in total. The van der Waals surface area contributed by atoms with Gasteiger partial charge in [0.15, 0.2) is 0 Å². The van der Waals surface area contributed by atoms with E-state index in [9.17, 15) is 9.59 Å². The smallest absolute Gasteiger partial charge is 0.326 e. The summed E-state index contributed by atoms with van der Waals surface area (Å²) in [5.41, 5.74) is 0.855. The van der Waals surface area contributed by atoms with Gasteiger partial charge in [-0.3, -0.25) is 0 Å². The number of nitrogens with zero attached hydrogens (tertiary/aromatic N) is 1. The Kier molecular flexibility index (Phi) is 5.41. The van der Waals surface area contributed by atoms with Crippen molar-refractivity contribution < 1.29 is 19.1 Å². The molecule has 6 nitrogen and oxygen atoms in total. The standard InChI is InChI=1S/C13H20N2O4/c1-9(2)6-11(12(16)17)14-13(18)15(3)7-10-4-5-19-8-10/h4-5,8-9,11H,6-7H2,1-3H3,(H,14,18)(H,16,17)/t11-/m0/s1. The molecule has 0 saturated carbocycles. The Labute approximate surface area is 112 Å². The third-order valence-electron chi connectivity index (χ3n) is 2.65. The molecular weight excluding hydrogens is 248 g/mol. The Morgan fingerprint density at radius 2 is 2.16 bits per heavy atom. The summed E-state index contributed by atoms with van der Waals surface area (Å²) in [5.74, 6) is -0.820. The summed E-state index contributed by atoms with van der Waals surface area (Å²) in [6.07, 6.45) is 3.48. The van der Waals surface area contributed by atoms with E-state index in [-0.39, 0.29) is 5.92 Å². The van der Waals surface area contributed by atoms with Gasteiger partial charge in [-0.25, -0.2) is 9.59 Å². The van der Waals surface area contributed by atoms with Crippen molar-refractivity contribution in [3.05, 3.63) is 24.2 Å². The minimum atomic E-state index is -1.02. The molecule has 0 fully saturated rings. The molecule has 0 saturated heterocycles. The molecule has 0 aromatic carbocycles. The highest BCUT2D eigenvalue weighted by Crippen LogP contribution is 2.07. The number of carbonyl (C=O) groups excluding carboxylic acids is 1. The van der Waals surface area contributed by atoms with E-state index in [4.69, 9.17) is 9.52 Å². The summed E-state index contributed by atoms with van der Waals surface area (Å²) >= 11 is 0. The van der Waals surface area contributed by atoms with Gasteiger partial charge in [-0.1, -0.05) is 13.8 Å². The van der Waals surface area contributed by atoms with Crippen LogP contribution in [-0.4, -0.2) is 35.1 Å². The number of furan rings is 1. The summed E-state index contributed by atoms with van der Waals surface area (Å²) in [4.78, 5) is 24.4. The van der Waals surface area contributed by atoms with Gasteiger partial charge in [-0.2, -0.15) is 0 Å². The van der Waals surface area contributed by atoms with E-state index in [0.717, 1.165) is 5.56 Å². The topological polar surface area (TPSA) is 82.8 Å². The second kappa shape index (κ2) is 6.82. The Hall–Kier alpha value is -1.98. The second-order valence-electron chi connectivity index (χ2n) is 4.96. The molecule has 2 amide bonds. The Balaban J connectivity index is 2.53. The highest BCUT2D eigenvalue weighted by Gasteiger charge is 2.22. The van der Waals surface area contributed by atoms with Gasteiger partial charge >= 0.3 is 12.0 Å². The first-order valence-corrected chi connectivity index (χ1v) is 6.15. The lowest BCUT2D eigenvalue weighted by Crippen LogP contribution is -2.46. The second-order valence-corrected chi connectivity index (χ2v) is 4.96. The van der Waals surface area contributed by atoms with Crippen LogP contribution >= 0.6 is 0 Å². The zero-order valence-corrected chi connectivity index (χ0v) is 11.4. The molecule has 0 aliphatic carbocycles. The van der Waals surface area contributed by atoms with Gasteiger partial charge in [-0.05, 0) is 18.4 Å². The first kappa shape index (κ1) is 15.1. The predicted octanol–water partition coefficient (Wildman–Crippen LogP) is 1.92. The van der Waals surface area contributed by atoms with Crippen molar-refractivity contribution in [1.29, 1.82) is 0 Å². The van der Waals surface area contributed by atoms with Gasteiger partial charge in [0, 0.05) is 12.6 Å². The van der Waals surface area contributed by atoms with Gasteiger partial charge in [-0.15, -0.1) is 0 Å². The van der Waals surface area contributed by atoms with Crippen LogP contribution in [0.1, 0.15) is 25.8 Å². The lowest BCUT2D eigenvalue weighted by atomic mass is 10.0. The van der Waals surface area contributed by atoms with Crippen LogP contribution in [0.15, 0.2) is 23.0 Å². The summed E-state index contributed by atoms with van der Waals surface area (Å²) in [6.45, 7) is 4.20. The zero-order valence-electron chi connectivity index (χ0n) is 11.4. The first-order valence-electron chi connectivity index (χ1n) is 6.15. The maximum absolute atomic E-state index is 11.9. The minimum absolute atomic E-state index is 0.195. The number of nitrogens with one attached hydrogen (secondary N) is 1. The van der Waals surface area contributed by atoms with Gasteiger partial charge in [0.25, 0.3) is 0 Å². The molecule has 6 heteroatoms. The van der Waals surface area contributed by atoms with Gasteiger partial charge in [0.2, 0.25) is 0 Å². The van der Waals surface area contributed by atoms with Gasteiger partial charge in [0.05, 0.1) is 19.1 Å². The third kappa shape index (κ3) is 5.03. The van der Waals surface area contributed by atoms with Crippen molar-refractivity contribution in [2.75, 3.05) is 7.05 Å². The summed E-state index contributed by atoms with van der Waals surface area (Å²) < 4.78 is 4.91. The number of urea groups is 1. The number of carboxylic acids is 1. The summed E-state index contributed by atoms with van der Waals surface area (Å²) in [7, 11) is 1.61. The van der Waals surface area contributed by atoms with E-state index >= 15 is 0 Å².